The van der Waals surface area contributed by atoms with Gasteiger partial charge in [0, 0.05) is 4.47 Å². The number of halogens is 1. The largest absolute Gasteiger partial charge is 0.387 e. The first kappa shape index (κ1) is 16.5. The highest BCUT2D eigenvalue weighted by Crippen LogP contribution is 2.50. The van der Waals surface area contributed by atoms with Gasteiger partial charge in [-0.1, -0.05) is 48.8 Å². The second kappa shape index (κ2) is 6.10. The van der Waals surface area contributed by atoms with E-state index in [0.717, 1.165) is 35.7 Å². The average Bonchev–Trinajstić information content (AvgIpc) is 2.45. The highest BCUT2D eigenvalue weighted by Gasteiger charge is 2.44. The maximum Gasteiger partial charge on any atom is 0.0976 e. The maximum atomic E-state index is 10.8. The number of benzene rings is 1. The van der Waals surface area contributed by atoms with Gasteiger partial charge in [0.15, 0.2) is 0 Å². The number of aliphatic hydroxyl groups excluding tert-OH is 1. The molecule has 0 aromatic heterocycles. The molecule has 0 amide bonds. The third kappa shape index (κ3) is 3.49. The van der Waals surface area contributed by atoms with Gasteiger partial charge in [-0.25, -0.2) is 0 Å². The molecule has 0 heterocycles. The minimum Gasteiger partial charge on any atom is -0.387 e. The van der Waals surface area contributed by atoms with Gasteiger partial charge in [-0.3, -0.25) is 0 Å². The topological polar surface area (TPSA) is 44.0 Å². The highest BCUT2D eigenvalue weighted by atomic mass is 79.9. The summed E-state index contributed by atoms with van der Waals surface area (Å²) in [5.41, 5.74) is 0.477. The van der Waals surface area contributed by atoms with E-state index in [-0.39, 0.29) is 5.41 Å². The molecule has 21 heavy (non-hydrogen) atoms. The molecule has 1 aliphatic carbocycles. The van der Waals surface area contributed by atoms with Gasteiger partial charge < -0.3 is 5.11 Å². The van der Waals surface area contributed by atoms with E-state index in [0.29, 0.717) is 5.92 Å². The Morgan fingerprint density at radius 3 is 2.43 bits per heavy atom. The molecule has 2 nitrogen and oxygen atoms in total. The molecule has 2 rings (SSSR count). The van der Waals surface area contributed by atoms with Gasteiger partial charge in [-0.05, 0) is 54.7 Å². The minimum absolute atomic E-state index is 0.280. The Bertz CT molecular complexity index is 533. The van der Waals surface area contributed by atoms with Crippen molar-refractivity contribution in [2.45, 2.75) is 52.6 Å². The standard InChI is InChI=1S/C18H24BrNO/c1-17(2,3)14-7-9-18(12-20,10-8-14)16(21)13-5-4-6-15(19)11-13/h4-6,11,14,16,21H,7-10H2,1-3H3. The van der Waals surface area contributed by atoms with Crippen molar-refractivity contribution in [3.05, 3.63) is 34.3 Å². The molecule has 0 spiro atoms. The molecule has 1 N–H and O–H groups in total. The summed E-state index contributed by atoms with van der Waals surface area (Å²) in [6.45, 7) is 6.80. The van der Waals surface area contributed by atoms with E-state index in [1.54, 1.807) is 0 Å². The van der Waals surface area contributed by atoms with Gasteiger partial charge >= 0.3 is 0 Å². The summed E-state index contributed by atoms with van der Waals surface area (Å²) in [6.07, 6.45) is 2.88. The zero-order chi connectivity index (χ0) is 15.7. The molecule has 0 radical (unpaired) electrons. The van der Waals surface area contributed by atoms with Gasteiger partial charge in [0.1, 0.15) is 0 Å². The van der Waals surface area contributed by atoms with Crippen LogP contribution in [0.15, 0.2) is 28.7 Å². The number of aliphatic hydroxyl groups is 1. The van der Waals surface area contributed by atoms with E-state index >= 15 is 0 Å². The van der Waals surface area contributed by atoms with Crippen molar-refractivity contribution in [2.24, 2.45) is 16.7 Å². The van der Waals surface area contributed by atoms with E-state index in [1.165, 1.54) is 0 Å². The lowest BCUT2D eigenvalue weighted by Gasteiger charge is -2.42. The molecule has 0 aliphatic heterocycles. The van der Waals surface area contributed by atoms with Crippen molar-refractivity contribution in [1.29, 1.82) is 5.26 Å². The number of hydrogen-bond donors (Lipinski definition) is 1. The number of rotatable bonds is 2. The zero-order valence-corrected chi connectivity index (χ0v) is 14.7. The maximum absolute atomic E-state index is 10.8. The summed E-state index contributed by atoms with van der Waals surface area (Å²) < 4.78 is 0.940. The monoisotopic (exact) mass is 349 g/mol. The van der Waals surface area contributed by atoms with Crippen LogP contribution in [0.3, 0.4) is 0 Å². The van der Waals surface area contributed by atoms with Crippen LogP contribution in [0.4, 0.5) is 0 Å². The molecule has 1 saturated carbocycles. The van der Waals surface area contributed by atoms with Crippen molar-refractivity contribution in [2.75, 3.05) is 0 Å². The van der Waals surface area contributed by atoms with Crippen LogP contribution < -0.4 is 0 Å². The van der Waals surface area contributed by atoms with Gasteiger partial charge in [-0.2, -0.15) is 5.26 Å². The molecule has 1 aliphatic rings. The first-order chi connectivity index (χ1) is 9.78. The van der Waals surface area contributed by atoms with Crippen LogP contribution in [0.1, 0.15) is 58.1 Å². The summed E-state index contributed by atoms with van der Waals surface area (Å²) in [5, 5.41) is 20.5. The summed E-state index contributed by atoms with van der Waals surface area (Å²) in [6, 6.07) is 10.1. The predicted octanol–water partition coefficient (Wildman–Crippen LogP) is 5.23. The molecule has 1 atom stereocenters. The van der Waals surface area contributed by atoms with Crippen molar-refractivity contribution < 1.29 is 5.11 Å². The fraction of sp³-hybridized carbons (Fsp3) is 0.611. The van der Waals surface area contributed by atoms with Crippen molar-refractivity contribution in [3.63, 3.8) is 0 Å². The normalized spacial score (nSPS) is 27.9. The van der Waals surface area contributed by atoms with E-state index in [9.17, 15) is 10.4 Å². The van der Waals surface area contributed by atoms with E-state index in [1.807, 2.05) is 24.3 Å². The molecule has 114 valence electrons. The van der Waals surface area contributed by atoms with Gasteiger partial charge in [0.25, 0.3) is 0 Å². The first-order valence-electron chi connectivity index (χ1n) is 7.63. The number of nitrogens with zero attached hydrogens (tertiary/aromatic N) is 1. The van der Waals surface area contributed by atoms with Crippen LogP contribution in [0, 0.1) is 28.1 Å². The Balaban J connectivity index is 2.19. The highest BCUT2D eigenvalue weighted by molar-refractivity contribution is 9.10. The van der Waals surface area contributed by atoms with E-state index in [2.05, 4.69) is 42.8 Å². The predicted molar refractivity (Wildman–Crippen MR) is 88.6 cm³/mol. The smallest absolute Gasteiger partial charge is 0.0976 e. The lowest BCUT2D eigenvalue weighted by Crippen LogP contribution is -2.36. The second-order valence-corrected chi connectivity index (χ2v) is 8.28. The third-order valence-corrected chi connectivity index (χ3v) is 5.51. The van der Waals surface area contributed by atoms with Crippen LogP contribution in [0.2, 0.25) is 0 Å². The van der Waals surface area contributed by atoms with Gasteiger partial charge in [-0.15, -0.1) is 0 Å². The van der Waals surface area contributed by atoms with E-state index < -0.39 is 11.5 Å². The molecule has 1 fully saturated rings. The number of hydrogen-bond acceptors (Lipinski definition) is 2. The lowest BCUT2D eigenvalue weighted by atomic mass is 9.62. The quantitative estimate of drug-likeness (QED) is 0.794. The van der Waals surface area contributed by atoms with Crippen LogP contribution in [0.5, 0.6) is 0 Å². The van der Waals surface area contributed by atoms with Gasteiger partial charge in [0.2, 0.25) is 0 Å². The molecule has 1 aromatic rings. The average molecular weight is 350 g/mol. The minimum atomic E-state index is -0.707. The van der Waals surface area contributed by atoms with Crippen LogP contribution in [-0.2, 0) is 0 Å². The molecule has 0 bridgehead atoms. The van der Waals surface area contributed by atoms with Gasteiger partial charge in [0.05, 0.1) is 17.6 Å². The zero-order valence-electron chi connectivity index (χ0n) is 13.1. The first-order valence-corrected chi connectivity index (χ1v) is 8.42. The summed E-state index contributed by atoms with van der Waals surface area (Å²) in [4.78, 5) is 0. The fourth-order valence-corrected chi connectivity index (χ4v) is 3.86. The van der Waals surface area contributed by atoms with Crippen LogP contribution >= 0.6 is 15.9 Å². The second-order valence-electron chi connectivity index (χ2n) is 7.37. The summed E-state index contributed by atoms with van der Waals surface area (Å²) in [5.74, 6) is 0.633. The van der Waals surface area contributed by atoms with E-state index in [4.69, 9.17) is 0 Å². The number of nitriles is 1. The fourth-order valence-electron chi connectivity index (χ4n) is 3.44. The molecular formula is C18H24BrNO. The summed E-state index contributed by atoms with van der Waals surface area (Å²) >= 11 is 3.44. The third-order valence-electron chi connectivity index (χ3n) is 5.01. The Kier molecular flexibility index (Phi) is 4.80. The SMILES string of the molecule is CC(C)(C)C1CCC(C#N)(C(O)c2cccc(Br)c2)CC1. The van der Waals surface area contributed by atoms with Crippen LogP contribution in [-0.4, -0.2) is 5.11 Å². The van der Waals surface area contributed by atoms with Crippen LogP contribution in [0.25, 0.3) is 0 Å². The Labute approximate surface area is 136 Å². The Hall–Kier alpha value is -0.850. The Morgan fingerprint density at radius 1 is 1.33 bits per heavy atom. The molecule has 1 unspecified atom stereocenters. The summed E-state index contributed by atoms with van der Waals surface area (Å²) in [7, 11) is 0. The van der Waals surface area contributed by atoms with Crippen molar-refractivity contribution in [3.8, 4) is 6.07 Å². The molecule has 1 aromatic carbocycles. The van der Waals surface area contributed by atoms with Crippen molar-refractivity contribution in [1.82, 2.24) is 0 Å². The molecule has 0 saturated heterocycles. The van der Waals surface area contributed by atoms with Crippen molar-refractivity contribution >= 4 is 15.9 Å². The molecule has 3 heteroatoms. The molecular weight excluding hydrogens is 326 g/mol. The Morgan fingerprint density at radius 2 is 1.95 bits per heavy atom. The lowest BCUT2D eigenvalue weighted by molar-refractivity contribution is 0.00839.